The zero-order valence-corrected chi connectivity index (χ0v) is 10.9. The predicted octanol–water partition coefficient (Wildman–Crippen LogP) is 3.32. The summed E-state index contributed by atoms with van der Waals surface area (Å²) < 4.78 is 5.43. The van der Waals surface area contributed by atoms with Crippen LogP contribution in [0.4, 0.5) is 0 Å². The van der Waals surface area contributed by atoms with Gasteiger partial charge in [-0.05, 0) is 29.8 Å². The van der Waals surface area contributed by atoms with Crippen LogP contribution < -0.4 is 0 Å². The van der Waals surface area contributed by atoms with Crippen molar-refractivity contribution in [3.8, 4) is 23.0 Å². The molecule has 21 heavy (non-hydrogen) atoms. The molecule has 0 amide bonds. The quantitative estimate of drug-likeness (QED) is 0.542. The lowest BCUT2D eigenvalue weighted by molar-refractivity contribution is 0.399. The maximum atomic E-state index is 10.2. The number of benzene rings is 2. The van der Waals surface area contributed by atoms with Crippen molar-refractivity contribution in [3.05, 3.63) is 54.3 Å². The van der Waals surface area contributed by atoms with Crippen LogP contribution in [0, 0.1) is 0 Å². The molecule has 0 bridgehead atoms. The predicted molar refractivity (Wildman–Crippen MR) is 77.5 cm³/mol. The summed E-state index contributed by atoms with van der Waals surface area (Å²) in [5, 5.41) is 39.0. The van der Waals surface area contributed by atoms with Crippen LogP contribution in [0.1, 0.15) is 11.3 Å². The van der Waals surface area contributed by atoms with Gasteiger partial charge in [-0.3, -0.25) is 0 Å². The maximum Gasteiger partial charge on any atom is 0.201 e. The highest BCUT2D eigenvalue weighted by atomic mass is 16.4. The normalized spacial score (nSPS) is 10.9. The molecule has 0 aliphatic rings. The molecule has 0 saturated heterocycles. The number of hydrogen-bond acceptors (Lipinski definition) is 5. The number of phenolic OH excluding ortho intramolecular Hbond substituents is 3. The molecule has 2 aromatic carbocycles. The highest BCUT2D eigenvalue weighted by molar-refractivity contribution is 5.96. The third kappa shape index (κ3) is 1.95. The summed E-state index contributed by atoms with van der Waals surface area (Å²) in [5.41, 5.74) is 1.02. The van der Waals surface area contributed by atoms with Crippen molar-refractivity contribution in [2.24, 2.45) is 0 Å². The van der Waals surface area contributed by atoms with Crippen molar-refractivity contribution in [1.82, 2.24) is 0 Å². The fraction of sp³-hybridized carbons (Fsp3) is 0. The number of fused-ring (bicyclic) bond motifs is 1. The summed E-state index contributed by atoms with van der Waals surface area (Å²) in [6.45, 7) is 3.85. The molecule has 0 fully saturated rings. The smallest absolute Gasteiger partial charge is 0.201 e. The highest BCUT2D eigenvalue weighted by Crippen LogP contribution is 2.44. The summed E-state index contributed by atoms with van der Waals surface area (Å²) in [4.78, 5) is 0. The van der Waals surface area contributed by atoms with Gasteiger partial charge in [0.05, 0.1) is 5.39 Å². The molecular formula is C16H12O5. The Morgan fingerprint density at radius 2 is 1.52 bits per heavy atom. The SMILES string of the molecule is C=C(c1ccc(O)cc1)c1oc2c(O)c(O)ccc2c1O. The Kier molecular flexibility index (Phi) is 2.76. The molecule has 3 rings (SSSR count). The van der Waals surface area contributed by atoms with E-state index in [4.69, 9.17) is 4.42 Å². The summed E-state index contributed by atoms with van der Waals surface area (Å²) in [7, 11) is 0. The molecule has 5 nitrogen and oxygen atoms in total. The van der Waals surface area contributed by atoms with Gasteiger partial charge in [0.15, 0.2) is 22.8 Å². The van der Waals surface area contributed by atoms with Crippen LogP contribution in [-0.2, 0) is 0 Å². The van der Waals surface area contributed by atoms with Crippen LogP contribution >= 0.6 is 0 Å². The van der Waals surface area contributed by atoms with E-state index in [-0.39, 0.29) is 34.0 Å². The molecule has 0 radical (unpaired) electrons. The summed E-state index contributed by atoms with van der Waals surface area (Å²) in [5.74, 6) is -0.733. The van der Waals surface area contributed by atoms with E-state index < -0.39 is 5.75 Å². The Morgan fingerprint density at radius 3 is 2.19 bits per heavy atom. The molecule has 0 unspecified atom stereocenters. The third-order valence-electron chi connectivity index (χ3n) is 3.27. The van der Waals surface area contributed by atoms with Gasteiger partial charge in [-0.25, -0.2) is 0 Å². The van der Waals surface area contributed by atoms with Gasteiger partial charge in [-0.2, -0.15) is 0 Å². The Morgan fingerprint density at radius 1 is 0.857 bits per heavy atom. The van der Waals surface area contributed by atoms with E-state index in [0.29, 0.717) is 11.1 Å². The molecular weight excluding hydrogens is 272 g/mol. The third-order valence-corrected chi connectivity index (χ3v) is 3.27. The van der Waals surface area contributed by atoms with Gasteiger partial charge < -0.3 is 24.8 Å². The van der Waals surface area contributed by atoms with Crippen LogP contribution in [0.5, 0.6) is 23.0 Å². The lowest BCUT2D eigenvalue weighted by atomic mass is 10.0. The molecule has 0 aliphatic carbocycles. The Bertz CT molecular complexity index is 843. The monoisotopic (exact) mass is 284 g/mol. The van der Waals surface area contributed by atoms with Crippen LogP contribution in [0.3, 0.4) is 0 Å². The van der Waals surface area contributed by atoms with Crippen molar-refractivity contribution in [1.29, 1.82) is 0 Å². The maximum absolute atomic E-state index is 10.2. The van der Waals surface area contributed by atoms with E-state index in [1.54, 1.807) is 12.1 Å². The first-order valence-electron chi connectivity index (χ1n) is 6.14. The van der Waals surface area contributed by atoms with Crippen LogP contribution in [0.2, 0.25) is 0 Å². The van der Waals surface area contributed by atoms with Crippen LogP contribution in [0.15, 0.2) is 47.4 Å². The molecule has 0 aliphatic heterocycles. The molecule has 0 spiro atoms. The minimum Gasteiger partial charge on any atom is -0.508 e. The molecule has 106 valence electrons. The van der Waals surface area contributed by atoms with E-state index in [1.807, 2.05) is 0 Å². The Balaban J connectivity index is 2.16. The van der Waals surface area contributed by atoms with Gasteiger partial charge in [-0.15, -0.1) is 0 Å². The van der Waals surface area contributed by atoms with Crippen molar-refractivity contribution < 1.29 is 24.8 Å². The van der Waals surface area contributed by atoms with Gasteiger partial charge in [-0.1, -0.05) is 18.7 Å². The average Bonchev–Trinajstić information content (AvgIpc) is 2.81. The first kappa shape index (κ1) is 12.9. The fourth-order valence-corrected chi connectivity index (χ4v) is 2.12. The first-order chi connectivity index (χ1) is 9.99. The van der Waals surface area contributed by atoms with Crippen molar-refractivity contribution >= 4 is 16.5 Å². The fourth-order valence-electron chi connectivity index (χ4n) is 2.12. The Labute approximate surface area is 119 Å². The number of phenols is 3. The van der Waals surface area contributed by atoms with E-state index in [2.05, 4.69) is 6.58 Å². The number of aromatic hydroxyl groups is 4. The lowest BCUT2D eigenvalue weighted by Crippen LogP contribution is -1.83. The largest absolute Gasteiger partial charge is 0.508 e. The van der Waals surface area contributed by atoms with Crippen molar-refractivity contribution in [2.45, 2.75) is 0 Å². The zero-order chi connectivity index (χ0) is 15.1. The second-order valence-electron chi connectivity index (χ2n) is 4.62. The van der Waals surface area contributed by atoms with Crippen molar-refractivity contribution in [2.75, 3.05) is 0 Å². The van der Waals surface area contributed by atoms with E-state index in [0.717, 1.165) is 0 Å². The first-order valence-corrected chi connectivity index (χ1v) is 6.14. The molecule has 4 N–H and O–H groups in total. The summed E-state index contributed by atoms with van der Waals surface area (Å²) in [6.07, 6.45) is 0. The standard InChI is InChI=1S/C16H12O5/c1-8(9-2-4-10(17)5-3-9)15-13(19)11-6-7-12(18)14(20)16(11)21-15/h2-7,17-20H,1H2. The number of hydrogen-bond donors (Lipinski definition) is 4. The van der Waals surface area contributed by atoms with Gasteiger partial charge in [0.2, 0.25) is 5.75 Å². The molecule has 1 heterocycles. The van der Waals surface area contributed by atoms with E-state index in [1.165, 1.54) is 24.3 Å². The summed E-state index contributed by atoms with van der Waals surface area (Å²) >= 11 is 0. The zero-order valence-electron chi connectivity index (χ0n) is 10.9. The Hall–Kier alpha value is -3.08. The van der Waals surface area contributed by atoms with Crippen LogP contribution in [0.25, 0.3) is 16.5 Å². The summed E-state index contributed by atoms with van der Waals surface area (Å²) in [6, 6.07) is 8.94. The van der Waals surface area contributed by atoms with E-state index in [9.17, 15) is 20.4 Å². The highest BCUT2D eigenvalue weighted by Gasteiger charge is 2.20. The molecule has 3 aromatic rings. The minimum atomic E-state index is -0.437. The van der Waals surface area contributed by atoms with Gasteiger partial charge in [0.1, 0.15) is 5.75 Å². The molecule has 0 atom stereocenters. The average molecular weight is 284 g/mol. The van der Waals surface area contributed by atoms with Crippen molar-refractivity contribution in [3.63, 3.8) is 0 Å². The molecule has 1 aromatic heterocycles. The van der Waals surface area contributed by atoms with Gasteiger partial charge >= 0.3 is 0 Å². The van der Waals surface area contributed by atoms with Gasteiger partial charge in [0.25, 0.3) is 0 Å². The molecule has 5 heteroatoms. The lowest BCUT2D eigenvalue weighted by Gasteiger charge is -2.03. The topological polar surface area (TPSA) is 94.1 Å². The second kappa shape index (κ2) is 4.49. The minimum absolute atomic E-state index is 0.0116. The van der Waals surface area contributed by atoms with Gasteiger partial charge in [0, 0.05) is 5.57 Å². The number of furan rings is 1. The number of rotatable bonds is 2. The van der Waals surface area contributed by atoms with E-state index >= 15 is 0 Å². The molecule has 0 saturated carbocycles. The van der Waals surface area contributed by atoms with Crippen LogP contribution in [-0.4, -0.2) is 20.4 Å². The second-order valence-corrected chi connectivity index (χ2v) is 4.62.